The molecule has 2 heterocycles. The molecule has 7 heteroatoms. The summed E-state index contributed by atoms with van der Waals surface area (Å²) in [7, 11) is 0. The van der Waals surface area contributed by atoms with Crippen LogP contribution in [0.2, 0.25) is 0 Å². The number of hydrogen-bond donors (Lipinski definition) is 2. The summed E-state index contributed by atoms with van der Waals surface area (Å²) >= 11 is 0. The molecule has 1 fully saturated rings. The van der Waals surface area contributed by atoms with Crippen molar-refractivity contribution < 1.29 is 14.6 Å². The van der Waals surface area contributed by atoms with E-state index in [0.717, 1.165) is 5.56 Å². The topological polar surface area (TPSA) is 75.9 Å². The number of imidazole rings is 1. The van der Waals surface area contributed by atoms with Crippen LogP contribution in [0.15, 0.2) is 48.7 Å². The Morgan fingerprint density at radius 3 is 2.65 bits per heavy atom. The van der Waals surface area contributed by atoms with Crippen molar-refractivity contribution in [2.24, 2.45) is 5.92 Å². The molecule has 1 amide bonds. The molecule has 4 rings (SSSR count). The van der Waals surface area contributed by atoms with Crippen molar-refractivity contribution in [3.8, 4) is 5.75 Å². The van der Waals surface area contributed by atoms with Gasteiger partial charge in [-0.15, -0.1) is 12.4 Å². The summed E-state index contributed by atoms with van der Waals surface area (Å²) in [6, 6.07) is 12.8. The first kappa shape index (κ1) is 23.1. The molecule has 2 aromatic heterocycles. The van der Waals surface area contributed by atoms with Gasteiger partial charge in [0.1, 0.15) is 5.69 Å². The quantitative estimate of drug-likeness (QED) is 0.564. The van der Waals surface area contributed by atoms with E-state index in [4.69, 9.17) is 4.74 Å². The Morgan fingerprint density at radius 2 is 1.94 bits per heavy atom. The summed E-state index contributed by atoms with van der Waals surface area (Å²) in [6.45, 7) is 2.33. The number of carbonyl (C=O) groups excluding carboxylic acids is 1. The summed E-state index contributed by atoms with van der Waals surface area (Å²) in [4.78, 5) is 17.7. The Bertz CT molecular complexity index is 1000. The lowest BCUT2D eigenvalue weighted by atomic mass is 9.90. The summed E-state index contributed by atoms with van der Waals surface area (Å²) < 4.78 is 7.90. The predicted octanol–water partition coefficient (Wildman–Crippen LogP) is 4.49. The van der Waals surface area contributed by atoms with Gasteiger partial charge >= 0.3 is 0 Å². The Morgan fingerprint density at radius 1 is 1.19 bits per heavy atom. The van der Waals surface area contributed by atoms with Crippen molar-refractivity contribution >= 4 is 24.0 Å². The maximum Gasteiger partial charge on any atom is 0.270 e. The third-order valence-corrected chi connectivity index (χ3v) is 5.89. The maximum absolute atomic E-state index is 13.1. The number of halogens is 1. The smallest absolute Gasteiger partial charge is 0.270 e. The highest BCUT2D eigenvalue weighted by Crippen LogP contribution is 2.27. The molecule has 1 atom stereocenters. The van der Waals surface area contributed by atoms with E-state index in [-0.39, 0.29) is 24.9 Å². The lowest BCUT2D eigenvalue weighted by Gasteiger charge is -2.21. The van der Waals surface area contributed by atoms with Crippen molar-refractivity contribution in [2.45, 2.75) is 45.1 Å². The van der Waals surface area contributed by atoms with Crippen molar-refractivity contribution in [1.29, 1.82) is 0 Å². The van der Waals surface area contributed by atoms with Crippen molar-refractivity contribution in [3.05, 3.63) is 65.6 Å². The number of nitrogens with zero attached hydrogens (tertiary/aromatic N) is 2. The number of fused-ring (bicyclic) bond motifs is 1. The van der Waals surface area contributed by atoms with Gasteiger partial charge in [-0.3, -0.25) is 9.20 Å². The van der Waals surface area contributed by atoms with E-state index in [1.54, 1.807) is 4.40 Å². The van der Waals surface area contributed by atoms with Crippen LogP contribution in [0.3, 0.4) is 0 Å². The van der Waals surface area contributed by atoms with Crippen LogP contribution >= 0.6 is 12.4 Å². The van der Waals surface area contributed by atoms with Crippen LogP contribution in [0.25, 0.3) is 5.65 Å². The second kappa shape index (κ2) is 10.6. The number of aromatic nitrogens is 2. The molecule has 0 saturated heterocycles. The molecule has 1 aliphatic carbocycles. The summed E-state index contributed by atoms with van der Waals surface area (Å²) in [5.74, 6) is 1.02. The van der Waals surface area contributed by atoms with E-state index in [2.05, 4.69) is 10.3 Å². The van der Waals surface area contributed by atoms with Gasteiger partial charge in [0.25, 0.3) is 5.91 Å². The van der Waals surface area contributed by atoms with E-state index in [1.807, 2.05) is 55.6 Å². The van der Waals surface area contributed by atoms with Gasteiger partial charge in [0.05, 0.1) is 24.9 Å². The number of pyridine rings is 1. The fourth-order valence-electron chi connectivity index (χ4n) is 4.25. The van der Waals surface area contributed by atoms with E-state index < -0.39 is 6.04 Å². The van der Waals surface area contributed by atoms with Crippen LogP contribution in [0.4, 0.5) is 0 Å². The molecule has 2 N–H and O–H groups in total. The Kier molecular flexibility index (Phi) is 7.93. The number of nitrogens with one attached hydrogen (secondary N) is 1. The first-order chi connectivity index (χ1) is 14.7. The standard InChI is InChI=1S/C24H29N3O3.ClH/c1-17-22(24(29)26-20(15-28)19-11-6-3-7-12-19)27-14-8-13-21(23(27)25-17)30-16-18-9-4-2-5-10-18;/h3,6-8,11-14,18,20,28H,2,4-5,9-10,15-16H2,1H3,(H,26,29);1H/t20-;/m0./s1. The maximum atomic E-state index is 13.1. The number of aryl methyl sites for hydroxylation is 1. The zero-order chi connectivity index (χ0) is 20.9. The van der Waals surface area contributed by atoms with Gasteiger partial charge in [-0.25, -0.2) is 4.98 Å². The second-order valence-electron chi connectivity index (χ2n) is 8.05. The number of rotatable bonds is 7. The van der Waals surface area contributed by atoms with Crippen LogP contribution in [-0.4, -0.2) is 33.6 Å². The molecule has 0 radical (unpaired) electrons. The van der Waals surface area contributed by atoms with Gasteiger partial charge in [-0.05, 0) is 43.4 Å². The number of hydrogen-bond acceptors (Lipinski definition) is 4. The molecule has 31 heavy (non-hydrogen) atoms. The molecule has 1 saturated carbocycles. The van der Waals surface area contributed by atoms with E-state index in [1.165, 1.54) is 32.1 Å². The SMILES string of the molecule is Cc1nc2c(OCC3CCCCC3)cccn2c1C(=O)N[C@@H](CO)c1ccccc1.Cl. The Hall–Kier alpha value is -2.57. The van der Waals surface area contributed by atoms with Gasteiger partial charge in [0.15, 0.2) is 11.4 Å². The molecule has 0 aliphatic heterocycles. The fraction of sp³-hybridized carbons (Fsp3) is 0.417. The summed E-state index contributed by atoms with van der Waals surface area (Å²) in [6.07, 6.45) is 8.13. The zero-order valence-electron chi connectivity index (χ0n) is 17.8. The molecule has 1 aromatic carbocycles. The van der Waals surface area contributed by atoms with E-state index >= 15 is 0 Å². The summed E-state index contributed by atoms with van der Waals surface area (Å²) in [5, 5.41) is 12.7. The number of amides is 1. The highest BCUT2D eigenvalue weighted by Gasteiger charge is 2.22. The third-order valence-electron chi connectivity index (χ3n) is 5.89. The van der Waals surface area contributed by atoms with Crippen LogP contribution in [0, 0.1) is 12.8 Å². The van der Waals surface area contributed by atoms with Gasteiger partial charge in [0, 0.05) is 6.20 Å². The van der Waals surface area contributed by atoms with E-state index in [0.29, 0.717) is 35.3 Å². The normalized spacial score (nSPS) is 15.3. The highest BCUT2D eigenvalue weighted by molar-refractivity contribution is 5.95. The number of aliphatic hydroxyl groups is 1. The van der Waals surface area contributed by atoms with Crippen LogP contribution < -0.4 is 10.1 Å². The Labute approximate surface area is 189 Å². The molecule has 166 valence electrons. The van der Waals surface area contributed by atoms with E-state index in [9.17, 15) is 9.90 Å². The number of aliphatic hydroxyl groups excluding tert-OH is 1. The lowest BCUT2D eigenvalue weighted by molar-refractivity contribution is 0.0909. The molecular formula is C24H30ClN3O3. The molecule has 0 spiro atoms. The zero-order valence-corrected chi connectivity index (χ0v) is 18.6. The average Bonchev–Trinajstić information content (AvgIpc) is 3.13. The van der Waals surface area contributed by atoms with Gasteiger partial charge in [-0.1, -0.05) is 49.6 Å². The second-order valence-corrected chi connectivity index (χ2v) is 8.05. The lowest BCUT2D eigenvalue weighted by Crippen LogP contribution is -2.32. The molecule has 6 nitrogen and oxygen atoms in total. The molecular weight excluding hydrogens is 414 g/mol. The minimum atomic E-state index is -0.477. The monoisotopic (exact) mass is 443 g/mol. The first-order valence-electron chi connectivity index (χ1n) is 10.7. The van der Waals surface area contributed by atoms with Crippen LogP contribution in [-0.2, 0) is 0 Å². The number of ether oxygens (including phenoxy) is 1. The highest BCUT2D eigenvalue weighted by atomic mass is 35.5. The largest absolute Gasteiger partial charge is 0.489 e. The minimum absolute atomic E-state index is 0. The van der Waals surface area contributed by atoms with Crippen molar-refractivity contribution in [2.75, 3.05) is 13.2 Å². The third kappa shape index (κ3) is 5.20. The van der Waals surface area contributed by atoms with Crippen LogP contribution in [0.5, 0.6) is 5.75 Å². The van der Waals surface area contributed by atoms with Gasteiger partial charge in [0.2, 0.25) is 0 Å². The van der Waals surface area contributed by atoms with Crippen LogP contribution in [0.1, 0.15) is 59.9 Å². The first-order valence-corrected chi connectivity index (χ1v) is 10.7. The minimum Gasteiger partial charge on any atom is -0.489 e. The molecule has 0 unspecified atom stereocenters. The van der Waals surface area contributed by atoms with Gasteiger partial charge in [-0.2, -0.15) is 0 Å². The number of benzene rings is 1. The molecule has 3 aromatic rings. The number of carbonyl (C=O) groups is 1. The predicted molar refractivity (Wildman–Crippen MR) is 123 cm³/mol. The average molecular weight is 444 g/mol. The van der Waals surface area contributed by atoms with Crippen molar-refractivity contribution in [3.63, 3.8) is 0 Å². The molecule has 0 bridgehead atoms. The molecule has 1 aliphatic rings. The van der Waals surface area contributed by atoms with Crippen molar-refractivity contribution in [1.82, 2.24) is 14.7 Å². The summed E-state index contributed by atoms with van der Waals surface area (Å²) in [5.41, 5.74) is 2.60. The fourth-order valence-corrected chi connectivity index (χ4v) is 4.25. The van der Waals surface area contributed by atoms with Gasteiger partial charge < -0.3 is 15.2 Å². The Balaban J connectivity index is 0.00000272.